The quantitative estimate of drug-likeness (QED) is 0.818. The molecule has 0 saturated carbocycles. The topological polar surface area (TPSA) is 38.5 Å². The van der Waals surface area contributed by atoms with E-state index < -0.39 is 5.82 Å². The van der Waals surface area contributed by atoms with Crippen molar-refractivity contribution in [2.45, 2.75) is 46.3 Å². The van der Waals surface area contributed by atoms with E-state index in [1.165, 1.54) is 6.07 Å². The van der Waals surface area contributed by atoms with Crippen molar-refractivity contribution >= 4 is 11.4 Å². The first-order valence-electron chi connectivity index (χ1n) is 6.35. The van der Waals surface area contributed by atoms with Crippen LogP contribution in [-0.4, -0.2) is 19.2 Å². The summed E-state index contributed by atoms with van der Waals surface area (Å²) in [6.45, 7) is 7.94. The Morgan fingerprint density at radius 2 is 1.94 bits per heavy atom. The summed E-state index contributed by atoms with van der Waals surface area (Å²) in [5, 5.41) is 0. The minimum Gasteiger partial charge on any atom is -0.488 e. The molecule has 1 unspecified atom stereocenters. The van der Waals surface area contributed by atoms with Gasteiger partial charge in [0.2, 0.25) is 0 Å². The molecule has 2 N–H and O–H groups in total. The Balaban J connectivity index is 3.12. The zero-order valence-electron chi connectivity index (χ0n) is 11.8. The average Bonchev–Trinajstić information content (AvgIpc) is 2.30. The molecule has 18 heavy (non-hydrogen) atoms. The second kappa shape index (κ2) is 5.94. The van der Waals surface area contributed by atoms with Gasteiger partial charge in [-0.15, -0.1) is 0 Å². The molecule has 0 heterocycles. The molecule has 0 bridgehead atoms. The van der Waals surface area contributed by atoms with Crippen LogP contribution in [-0.2, 0) is 0 Å². The van der Waals surface area contributed by atoms with Gasteiger partial charge in [0.05, 0.1) is 17.5 Å². The summed E-state index contributed by atoms with van der Waals surface area (Å²) >= 11 is 0. The lowest BCUT2D eigenvalue weighted by atomic mass is 10.1. The van der Waals surface area contributed by atoms with Crippen LogP contribution in [0.25, 0.3) is 0 Å². The van der Waals surface area contributed by atoms with Gasteiger partial charge in [0.25, 0.3) is 0 Å². The van der Waals surface area contributed by atoms with E-state index in [0.29, 0.717) is 11.7 Å². The highest BCUT2D eigenvalue weighted by Gasteiger charge is 2.16. The van der Waals surface area contributed by atoms with Crippen molar-refractivity contribution in [3.8, 4) is 5.75 Å². The Hall–Kier alpha value is -1.45. The Bertz CT molecular complexity index is 407. The van der Waals surface area contributed by atoms with Gasteiger partial charge in [-0.25, -0.2) is 4.39 Å². The third-order valence-electron chi connectivity index (χ3n) is 3.08. The maximum atomic E-state index is 13.7. The lowest BCUT2D eigenvalue weighted by Gasteiger charge is -2.28. The minimum absolute atomic E-state index is 0.0649. The zero-order valence-corrected chi connectivity index (χ0v) is 11.8. The van der Waals surface area contributed by atoms with E-state index in [4.69, 9.17) is 10.5 Å². The van der Waals surface area contributed by atoms with Crippen molar-refractivity contribution in [3.63, 3.8) is 0 Å². The number of hydrogen-bond donors (Lipinski definition) is 1. The standard InChI is InChI=1S/C14H23FN2O/c1-6-10(4)17(5)13-8-14(18-9(2)3)11(15)7-12(13)16/h7-10H,6,16H2,1-5H3. The summed E-state index contributed by atoms with van der Waals surface area (Å²) in [5.41, 5.74) is 7.12. The largest absolute Gasteiger partial charge is 0.488 e. The number of anilines is 2. The van der Waals surface area contributed by atoms with Gasteiger partial charge in [-0.1, -0.05) is 6.92 Å². The predicted octanol–water partition coefficient (Wildman–Crippen LogP) is 3.43. The number of hydrogen-bond acceptors (Lipinski definition) is 3. The molecule has 0 amide bonds. The molecule has 0 spiro atoms. The number of benzene rings is 1. The van der Waals surface area contributed by atoms with Crippen LogP contribution in [0.3, 0.4) is 0 Å². The maximum absolute atomic E-state index is 13.7. The molecular formula is C14H23FN2O. The molecule has 1 atom stereocenters. The third-order valence-corrected chi connectivity index (χ3v) is 3.08. The van der Waals surface area contributed by atoms with E-state index in [1.54, 1.807) is 6.07 Å². The summed E-state index contributed by atoms with van der Waals surface area (Å²) in [6, 6.07) is 3.34. The summed E-state index contributed by atoms with van der Waals surface area (Å²) in [4.78, 5) is 2.04. The van der Waals surface area contributed by atoms with Crippen LogP contribution in [0, 0.1) is 5.82 Å². The molecule has 0 fully saturated rings. The van der Waals surface area contributed by atoms with Crippen molar-refractivity contribution < 1.29 is 9.13 Å². The summed E-state index contributed by atoms with van der Waals surface area (Å²) in [6.07, 6.45) is 0.929. The third kappa shape index (κ3) is 3.28. The Morgan fingerprint density at radius 3 is 2.44 bits per heavy atom. The van der Waals surface area contributed by atoms with E-state index >= 15 is 0 Å². The monoisotopic (exact) mass is 254 g/mol. The smallest absolute Gasteiger partial charge is 0.167 e. The zero-order chi connectivity index (χ0) is 13.9. The lowest BCUT2D eigenvalue weighted by molar-refractivity contribution is 0.231. The fraction of sp³-hybridized carbons (Fsp3) is 0.571. The van der Waals surface area contributed by atoms with E-state index in [1.807, 2.05) is 25.8 Å². The summed E-state index contributed by atoms with van der Waals surface area (Å²) in [5.74, 6) is -0.160. The van der Waals surface area contributed by atoms with Gasteiger partial charge >= 0.3 is 0 Å². The molecule has 0 aliphatic heterocycles. The van der Waals surface area contributed by atoms with Gasteiger partial charge < -0.3 is 15.4 Å². The van der Waals surface area contributed by atoms with E-state index in [2.05, 4.69) is 13.8 Å². The van der Waals surface area contributed by atoms with Crippen LogP contribution >= 0.6 is 0 Å². The lowest BCUT2D eigenvalue weighted by Crippen LogP contribution is -2.28. The Kier molecular flexibility index (Phi) is 4.82. The van der Waals surface area contributed by atoms with Gasteiger partial charge in [-0.05, 0) is 27.2 Å². The van der Waals surface area contributed by atoms with Crippen molar-refractivity contribution in [1.29, 1.82) is 0 Å². The van der Waals surface area contributed by atoms with Crippen LogP contribution in [0.4, 0.5) is 15.8 Å². The molecule has 1 rings (SSSR count). The highest BCUT2D eigenvalue weighted by atomic mass is 19.1. The number of nitrogen functional groups attached to an aromatic ring is 1. The van der Waals surface area contributed by atoms with Gasteiger partial charge in [0.1, 0.15) is 0 Å². The van der Waals surface area contributed by atoms with E-state index in [0.717, 1.165) is 12.1 Å². The second-order valence-electron chi connectivity index (χ2n) is 4.88. The molecular weight excluding hydrogens is 231 g/mol. The van der Waals surface area contributed by atoms with Gasteiger partial charge in [0.15, 0.2) is 11.6 Å². The molecule has 0 aliphatic rings. The number of halogens is 1. The minimum atomic E-state index is -0.414. The molecule has 0 aromatic heterocycles. The van der Waals surface area contributed by atoms with Gasteiger partial charge in [-0.3, -0.25) is 0 Å². The molecule has 4 heteroatoms. The predicted molar refractivity (Wildman–Crippen MR) is 74.7 cm³/mol. The van der Waals surface area contributed by atoms with Crippen LogP contribution in [0.15, 0.2) is 12.1 Å². The van der Waals surface area contributed by atoms with Crippen LogP contribution in [0.5, 0.6) is 5.75 Å². The molecule has 3 nitrogen and oxygen atoms in total. The molecule has 1 aromatic rings. The van der Waals surface area contributed by atoms with E-state index in [9.17, 15) is 4.39 Å². The Morgan fingerprint density at radius 1 is 1.33 bits per heavy atom. The van der Waals surface area contributed by atoms with Gasteiger partial charge in [-0.2, -0.15) is 0 Å². The van der Waals surface area contributed by atoms with Crippen LogP contribution in [0.2, 0.25) is 0 Å². The number of rotatable bonds is 5. The van der Waals surface area contributed by atoms with E-state index in [-0.39, 0.29) is 11.9 Å². The number of ether oxygens (including phenoxy) is 1. The number of nitrogens with zero attached hydrogens (tertiary/aromatic N) is 1. The van der Waals surface area contributed by atoms with Crippen molar-refractivity contribution in [1.82, 2.24) is 0 Å². The van der Waals surface area contributed by atoms with Crippen molar-refractivity contribution in [3.05, 3.63) is 17.9 Å². The molecule has 0 aliphatic carbocycles. The first-order valence-corrected chi connectivity index (χ1v) is 6.35. The van der Waals surface area contributed by atoms with Crippen LogP contribution < -0.4 is 15.4 Å². The fourth-order valence-electron chi connectivity index (χ4n) is 1.72. The normalized spacial score (nSPS) is 12.6. The molecule has 0 radical (unpaired) electrons. The SMILES string of the molecule is CCC(C)N(C)c1cc(OC(C)C)c(F)cc1N. The van der Waals surface area contributed by atoms with Crippen molar-refractivity contribution in [2.75, 3.05) is 17.7 Å². The average molecular weight is 254 g/mol. The fourth-order valence-corrected chi connectivity index (χ4v) is 1.72. The van der Waals surface area contributed by atoms with Crippen molar-refractivity contribution in [2.24, 2.45) is 0 Å². The number of nitrogens with two attached hydrogens (primary N) is 1. The highest BCUT2D eigenvalue weighted by Crippen LogP contribution is 2.32. The summed E-state index contributed by atoms with van der Waals surface area (Å²) in [7, 11) is 1.96. The molecule has 0 saturated heterocycles. The maximum Gasteiger partial charge on any atom is 0.167 e. The first-order chi connectivity index (χ1) is 8.36. The molecule has 102 valence electrons. The summed E-state index contributed by atoms with van der Waals surface area (Å²) < 4.78 is 19.2. The van der Waals surface area contributed by atoms with Crippen LogP contribution in [0.1, 0.15) is 34.1 Å². The second-order valence-corrected chi connectivity index (χ2v) is 4.88. The van der Waals surface area contributed by atoms with Gasteiger partial charge in [0, 0.05) is 25.2 Å². The first kappa shape index (κ1) is 14.6. The molecule has 1 aromatic carbocycles. The highest BCUT2D eigenvalue weighted by molar-refractivity contribution is 5.70. The Labute approximate surface area is 109 Å².